The summed E-state index contributed by atoms with van der Waals surface area (Å²) >= 11 is 0. The van der Waals surface area contributed by atoms with E-state index in [2.05, 4.69) is 32.0 Å². The van der Waals surface area contributed by atoms with E-state index in [4.69, 9.17) is 9.47 Å². The Hall–Kier alpha value is -2.01. The molecule has 5 nitrogen and oxygen atoms in total. The number of amides is 1. The molecule has 142 valence electrons. The first-order valence-corrected chi connectivity index (χ1v) is 9.57. The molecule has 0 radical (unpaired) electrons. The number of ether oxygens (including phenoxy) is 2. The maximum atomic E-state index is 12.7. The topological polar surface area (TPSA) is 42.0 Å². The van der Waals surface area contributed by atoms with Gasteiger partial charge in [-0.3, -0.25) is 4.79 Å². The first kappa shape index (κ1) is 18.8. The number of carbonyl (C=O) groups excluding carboxylic acids is 1. The van der Waals surface area contributed by atoms with Crippen molar-refractivity contribution in [3.63, 3.8) is 0 Å². The molecule has 2 aliphatic rings. The van der Waals surface area contributed by atoms with Crippen LogP contribution in [-0.2, 0) is 11.2 Å². The van der Waals surface area contributed by atoms with Crippen LogP contribution in [0.5, 0.6) is 11.5 Å². The van der Waals surface area contributed by atoms with Crippen molar-refractivity contribution in [1.82, 2.24) is 9.80 Å². The number of likely N-dealkylation sites (tertiary alicyclic amines) is 1. The van der Waals surface area contributed by atoms with Crippen molar-refractivity contribution in [3.05, 3.63) is 29.3 Å². The van der Waals surface area contributed by atoms with Crippen LogP contribution < -0.4 is 9.47 Å². The lowest BCUT2D eigenvalue weighted by molar-refractivity contribution is -0.126. The molecule has 0 N–H and O–H groups in total. The molecule has 1 amide bonds. The lowest BCUT2D eigenvalue weighted by atomic mass is 10.1. The highest BCUT2D eigenvalue weighted by Gasteiger charge is 2.28. The van der Waals surface area contributed by atoms with Gasteiger partial charge in [0.25, 0.3) is 0 Å². The maximum absolute atomic E-state index is 12.7. The van der Waals surface area contributed by atoms with Crippen LogP contribution >= 0.6 is 0 Å². The number of fused-ring (bicyclic) bond motifs is 1. The standard InChI is InChI=1S/C21H30N2O3/c1-5-25-19-13-17-11-15(2)26-20(17)12-16(19)8-9-21(24)23-10-6-7-18(23)14-22(3)4/h8-9,12-13,15,18H,5-7,10-11,14H2,1-4H3/b9-8-/t15-,18-/m1/s1. The number of nitrogens with zero attached hydrogens (tertiary/aromatic N) is 2. The van der Waals surface area contributed by atoms with Crippen LogP contribution in [0.2, 0.25) is 0 Å². The van der Waals surface area contributed by atoms with Gasteiger partial charge in [0.05, 0.1) is 6.61 Å². The normalized spacial score (nSPS) is 22.1. The Morgan fingerprint density at radius 2 is 2.23 bits per heavy atom. The van der Waals surface area contributed by atoms with Crippen LogP contribution in [0.4, 0.5) is 0 Å². The molecule has 1 aromatic rings. The van der Waals surface area contributed by atoms with Crippen molar-refractivity contribution in [3.8, 4) is 11.5 Å². The van der Waals surface area contributed by atoms with E-state index < -0.39 is 0 Å². The van der Waals surface area contributed by atoms with E-state index in [1.54, 1.807) is 6.08 Å². The number of benzene rings is 1. The minimum atomic E-state index is 0.0755. The van der Waals surface area contributed by atoms with Gasteiger partial charge < -0.3 is 19.3 Å². The van der Waals surface area contributed by atoms with Crippen LogP contribution in [0.3, 0.4) is 0 Å². The third-order valence-electron chi connectivity index (χ3n) is 4.97. The Balaban J connectivity index is 1.77. The van der Waals surface area contributed by atoms with Gasteiger partial charge in [-0.25, -0.2) is 0 Å². The zero-order valence-electron chi connectivity index (χ0n) is 16.3. The average Bonchev–Trinajstić information content (AvgIpc) is 3.17. The summed E-state index contributed by atoms with van der Waals surface area (Å²) in [7, 11) is 4.10. The molecule has 0 aromatic heterocycles. The molecule has 2 atom stereocenters. The summed E-state index contributed by atoms with van der Waals surface area (Å²) in [5.74, 6) is 1.80. The molecule has 5 heteroatoms. The van der Waals surface area contributed by atoms with Crippen LogP contribution in [0.15, 0.2) is 18.2 Å². The summed E-state index contributed by atoms with van der Waals surface area (Å²) in [4.78, 5) is 16.8. The fourth-order valence-electron chi connectivity index (χ4n) is 3.86. The Morgan fingerprint density at radius 3 is 2.96 bits per heavy atom. The number of hydrogen-bond donors (Lipinski definition) is 0. The molecular weight excluding hydrogens is 328 g/mol. The van der Waals surface area contributed by atoms with Gasteiger partial charge in [-0.15, -0.1) is 0 Å². The minimum Gasteiger partial charge on any atom is -0.493 e. The SMILES string of the molecule is CCOc1cc2c(cc1/C=C\C(=O)N1CCC[C@@H]1CN(C)C)O[C@H](C)C2. The Morgan fingerprint density at radius 1 is 1.42 bits per heavy atom. The second kappa shape index (κ2) is 8.12. The van der Waals surface area contributed by atoms with E-state index in [1.807, 2.05) is 24.0 Å². The van der Waals surface area contributed by atoms with Crippen molar-refractivity contribution in [2.45, 2.75) is 45.3 Å². The highest BCUT2D eigenvalue weighted by molar-refractivity contribution is 5.92. The molecule has 2 aliphatic heterocycles. The Bertz CT molecular complexity index is 684. The summed E-state index contributed by atoms with van der Waals surface area (Å²) in [6.45, 7) is 6.39. The van der Waals surface area contributed by atoms with Crippen LogP contribution in [-0.4, -0.2) is 61.6 Å². The third kappa shape index (κ3) is 4.21. The van der Waals surface area contributed by atoms with Gasteiger partial charge in [-0.2, -0.15) is 0 Å². The van der Waals surface area contributed by atoms with Gasteiger partial charge in [0.2, 0.25) is 5.91 Å². The summed E-state index contributed by atoms with van der Waals surface area (Å²) < 4.78 is 11.6. The van der Waals surface area contributed by atoms with Crippen LogP contribution in [0.25, 0.3) is 6.08 Å². The lowest BCUT2D eigenvalue weighted by Crippen LogP contribution is -2.40. The molecule has 0 unspecified atom stereocenters. The van der Waals surface area contributed by atoms with E-state index in [9.17, 15) is 4.79 Å². The molecule has 2 heterocycles. The fraction of sp³-hybridized carbons (Fsp3) is 0.571. The average molecular weight is 358 g/mol. The molecule has 1 fully saturated rings. The maximum Gasteiger partial charge on any atom is 0.246 e. The first-order chi connectivity index (χ1) is 12.5. The van der Waals surface area contributed by atoms with Gasteiger partial charge in [0.15, 0.2) is 0 Å². The molecule has 0 saturated carbocycles. The molecule has 1 saturated heterocycles. The quantitative estimate of drug-likeness (QED) is 0.733. The fourth-order valence-corrected chi connectivity index (χ4v) is 3.86. The number of rotatable bonds is 6. The smallest absolute Gasteiger partial charge is 0.246 e. The number of hydrogen-bond acceptors (Lipinski definition) is 4. The van der Waals surface area contributed by atoms with Gasteiger partial charge >= 0.3 is 0 Å². The molecule has 26 heavy (non-hydrogen) atoms. The molecule has 0 spiro atoms. The zero-order chi connectivity index (χ0) is 18.7. The van der Waals surface area contributed by atoms with Gasteiger partial charge in [-0.05, 0) is 59.0 Å². The first-order valence-electron chi connectivity index (χ1n) is 9.57. The highest BCUT2D eigenvalue weighted by atomic mass is 16.5. The van der Waals surface area contributed by atoms with E-state index >= 15 is 0 Å². The molecule has 0 aliphatic carbocycles. The van der Waals surface area contributed by atoms with Crippen LogP contribution in [0, 0.1) is 0 Å². The predicted molar refractivity (Wildman–Crippen MR) is 104 cm³/mol. The second-order valence-corrected chi connectivity index (χ2v) is 7.49. The second-order valence-electron chi connectivity index (χ2n) is 7.49. The minimum absolute atomic E-state index is 0.0755. The summed E-state index contributed by atoms with van der Waals surface area (Å²) in [5, 5.41) is 0. The Labute approximate surface area is 156 Å². The zero-order valence-corrected chi connectivity index (χ0v) is 16.3. The van der Waals surface area contributed by atoms with Crippen LogP contribution in [0.1, 0.15) is 37.8 Å². The van der Waals surface area contributed by atoms with Crippen molar-refractivity contribution < 1.29 is 14.3 Å². The van der Waals surface area contributed by atoms with Gasteiger partial charge in [-0.1, -0.05) is 0 Å². The molecule has 3 rings (SSSR count). The molecular formula is C21H30N2O3. The number of likely N-dealkylation sites (N-methyl/N-ethyl adjacent to an activating group) is 1. The largest absolute Gasteiger partial charge is 0.493 e. The van der Waals surface area contributed by atoms with Crippen molar-refractivity contribution >= 4 is 12.0 Å². The third-order valence-corrected chi connectivity index (χ3v) is 4.97. The highest BCUT2D eigenvalue weighted by Crippen LogP contribution is 2.35. The summed E-state index contributed by atoms with van der Waals surface area (Å²) in [5.41, 5.74) is 2.08. The number of carbonyl (C=O) groups is 1. The van der Waals surface area contributed by atoms with E-state index in [0.717, 1.165) is 49.4 Å². The molecule has 1 aromatic carbocycles. The monoisotopic (exact) mass is 358 g/mol. The van der Waals surface area contributed by atoms with E-state index in [1.165, 1.54) is 5.56 Å². The van der Waals surface area contributed by atoms with Crippen molar-refractivity contribution in [2.24, 2.45) is 0 Å². The van der Waals surface area contributed by atoms with E-state index in [-0.39, 0.29) is 12.0 Å². The predicted octanol–water partition coefficient (Wildman–Crippen LogP) is 2.97. The van der Waals surface area contributed by atoms with Gasteiger partial charge in [0.1, 0.15) is 17.6 Å². The van der Waals surface area contributed by atoms with Crippen molar-refractivity contribution in [2.75, 3.05) is 33.8 Å². The van der Waals surface area contributed by atoms with Gasteiger partial charge in [0, 0.05) is 42.8 Å². The summed E-state index contributed by atoms with van der Waals surface area (Å²) in [6, 6.07) is 4.35. The Kier molecular flexibility index (Phi) is 5.87. The van der Waals surface area contributed by atoms with E-state index in [0.29, 0.717) is 12.6 Å². The summed E-state index contributed by atoms with van der Waals surface area (Å²) in [6.07, 6.45) is 6.79. The molecule has 0 bridgehead atoms. The lowest BCUT2D eigenvalue weighted by Gasteiger charge is -2.26. The van der Waals surface area contributed by atoms with Crippen molar-refractivity contribution in [1.29, 1.82) is 0 Å².